The zero-order valence-corrected chi connectivity index (χ0v) is 16.4. The molecule has 0 aliphatic carbocycles. The van der Waals surface area contributed by atoms with Gasteiger partial charge in [0.15, 0.2) is 0 Å². The number of hydrogen-bond donors (Lipinski definition) is 2. The number of aryl methyl sites for hydroxylation is 3. The number of hydrogen-bond acceptors (Lipinski definition) is 4. The first kappa shape index (κ1) is 19.9. The largest absolute Gasteiger partial charge is 0.495 e. The normalized spacial score (nSPS) is 12.5. The number of sulfonamides is 1. The van der Waals surface area contributed by atoms with Crippen LogP contribution in [0.25, 0.3) is 0 Å². The number of carbonyl (C=O) groups is 1. The minimum Gasteiger partial charge on any atom is -0.495 e. The molecule has 0 spiro atoms. The number of anilines is 1. The van der Waals surface area contributed by atoms with E-state index in [2.05, 4.69) is 10.0 Å². The van der Waals surface area contributed by atoms with Crippen LogP contribution in [-0.4, -0.2) is 27.5 Å². The summed E-state index contributed by atoms with van der Waals surface area (Å²) >= 11 is 0. The summed E-state index contributed by atoms with van der Waals surface area (Å²) in [7, 11) is -2.51. The average Bonchev–Trinajstić information content (AvgIpc) is 2.53. The van der Waals surface area contributed by atoms with Crippen LogP contribution in [0.5, 0.6) is 5.75 Å². The van der Waals surface area contributed by atoms with E-state index in [9.17, 15) is 13.2 Å². The highest BCUT2D eigenvalue weighted by Gasteiger charge is 2.25. The van der Waals surface area contributed by atoms with Crippen LogP contribution < -0.4 is 14.8 Å². The van der Waals surface area contributed by atoms with E-state index in [1.807, 2.05) is 32.0 Å². The van der Waals surface area contributed by atoms with Gasteiger partial charge in [0, 0.05) is 5.69 Å². The minimum atomic E-state index is -3.91. The Morgan fingerprint density at radius 2 is 1.62 bits per heavy atom. The quantitative estimate of drug-likeness (QED) is 0.812. The summed E-state index contributed by atoms with van der Waals surface area (Å²) in [5.74, 6) is -0.213. The molecule has 0 heterocycles. The van der Waals surface area contributed by atoms with Crippen LogP contribution in [0.1, 0.15) is 23.6 Å². The Morgan fingerprint density at radius 3 is 2.19 bits per heavy atom. The van der Waals surface area contributed by atoms with Crippen LogP contribution in [-0.2, 0) is 14.8 Å². The molecule has 140 valence electrons. The van der Waals surface area contributed by atoms with Crippen molar-refractivity contribution >= 4 is 21.6 Å². The molecule has 0 aromatic heterocycles. The molecule has 0 fully saturated rings. The van der Waals surface area contributed by atoms with E-state index in [-0.39, 0.29) is 10.6 Å². The molecule has 0 saturated carbocycles. The second kappa shape index (κ2) is 7.88. The molecule has 26 heavy (non-hydrogen) atoms. The summed E-state index contributed by atoms with van der Waals surface area (Å²) in [6, 6.07) is 9.55. The molecule has 0 aliphatic heterocycles. The lowest BCUT2D eigenvalue weighted by atomic mass is 10.1. The maximum absolute atomic E-state index is 12.7. The number of benzene rings is 2. The van der Waals surface area contributed by atoms with Gasteiger partial charge in [-0.2, -0.15) is 4.72 Å². The maximum Gasteiger partial charge on any atom is 0.244 e. The highest BCUT2D eigenvalue weighted by Crippen LogP contribution is 2.24. The van der Waals surface area contributed by atoms with Gasteiger partial charge < -0.3 is 10.1 Å². The third kappa shape index (κ3) is 4.83. The van der Waals surface area contributed by atoms with Gasteiger partial charge in [0.25, 0.3) is 0 Å². The zero-order chi connectivity index (χ0) is 19.5. The van der Waals surface area contributed by atoms with Gasteiger partial charge in [0.2, 0.25) is 15.9 Å². The monoisotopic (exact) mass is 376 g/mol. The fourth-order valence-corrected chi connectivity index (χ4v) is 4.10. The van der Waals surface area contributed by atoms with Gasteiger partial charge >= 0.3 is 0 Å². The predicted octanol–water partition coefficient (Wildman–Crippen LogP) is 2.93. The van der Waals surface area contributed by atoms with Crippen molar-refractivity contribution in [3.8, 4) is 5.75 Å². The van der Waals surface area contributed by atoms with Gasteiger partial charge in [0.05, 0.1) is 13.2 Å². The number of amides is 1. The molecular formula is C19H24N2O4S. The van der Waals surface area contributed by atoms with Crippen molar-refractivity contribution in [1.82, 2.24) is 4.72 Å². The smallest absolute Gasteiger partial charge is 0.244 e. The summed E-state index contributed by atoms with van der Waals surface area (Å²) in [5.41, 5.74) is 3.43. The second-order valence-corrected chi connectivity index (χ2v) is 8.05. The van der Waals surface area contributed by atoms with E-state index < -0.39 is 22.0 Å². The zero-order valence-electron chi connectivity index (χ0n) is 15.6. The van der Waals surface area contributed by atoms with Crippen LogP contribution in [0.2, 0.25) is 0 Å². The molecule has 6 nitrogen and oxygen atoms in total. The third-order valence-electron chi connectivity index (χ3n) is 3.82. The van der Waals surface area contributed by atoms with Gasteiger partial charge in [-0.05, 0) is 68.7 Å². The SMILES string of the molecule is COc1ccc(C)cc1S(=O)(=O)NC(C)C(=O)Nc1cc(C)cc(C)c1. The Morgan fingerprint density at radius 1 is 1.00 bits per heavy atom. The Bertz CT molecular complexity index is 903. The summed E-state index contributed by atoms with van der Waals surface area (Å²) in [6.07, 6.45) is 0. The van der Waals surface area contributed by atoms with Gasteiger partial charge in [-0.1, -0.05) is 12.1 Å². The molecule has 2 N–H and O–H groups in total. The van der Waals surface area contributed by atoms with E-state index >= 15 is 0 Å². The molecule has 1 amide bonds. The van der Waals surface area contributed by atoms with Gasteiger partial charge in [-0.15, -0.1) is 0 Å². The number of ether oxygens (including phenoxy) is 1. The lowest BCUT2D eigenvalue weighted by Crippen LogP contribution is -2.41. The molecule has 0 bridgehead atoms. The molecule has 0 radical (unpaired) electrons. The van der Waals surface area contributed by atoms with Crippen molar-refractivity contribution in [2.24, 2.45) is 0 Å². The second-order valence-electron chi connectivity index (χ2n) is 6.36. The van der Waals surface area contributed by atoms with Crippen molar-refractivity contribution < 1.29 is 17.9 Å². The number of rotatable bonds is 6. The fourth-order valence-electron chi connectivity index (χ4n) is 2.64. The standard InChI is InChI=1S/C19H24N2O4S/c1-12-6-7-17(25-5)18(11-12)26(23,24)21-15(4)19(22)20-16-9-13(2)8-14(3)10-16/h6-11,15,21H,1-5H3,(H,20,22). The Labute approximate surface area is 154 Å². The van der Waals surface area contributed by atoms with Crippen molar-refractivity contribution in [2.45, 2.75) is 38.6 Å². The summed E-state index contributed by atoms with van der Waals surface area (Å²) in [4.78, 5) is 12.4. The lowest BCUT2D eigenvalue weighted by molar-refractivity contribution is -0.117. The van der Waals surface area contributed by atoms with Crippen LogP contribution >= 0.6 is 0 Å². The summed E-state index contributed by atoms with van der Waals surface area (Å²) in [6.45, 7) is 7.14. The van der Waals surface area contributed by atoms with Crippen LogP contribution in [0.15, 0.2) is 41.3 Å². The summed E-state index contributed by atoms with van der Waals surface area (Å²) < 4.78 is 32.9. The van der Waals surface area contributed by atoms with Gasteiger partial charge in [-0.3, -0.25) is 4.79 Å². The highest BCUT2D eigenvalue weighted by molar-refractivity contribution is 7.89. The molecule has 1 atom stereocenters. The van der Waals surface area contributed by atoms with Crippen molar-refractivity contribution in [2.75, 3.05) is 12.4 Å². The number of carbonyl (C=O) groups excluding carboxylic acids is 1. The molecule has 2 rings (SSSR count). The Balaban J connectivity index is 2.18. The first-order chi connectivity index (χ1) is 12.1. The fraction of sp³-hybridized carbons (Fsp3) is 0.316. The van der Waals surface area contributed by atoms with Gasteiger partial charge in [0.1, 0.15) is 10.6 Å². The molecule has 7 heteroatoms. The maximum atomic E-state index is 12.7. The van der Waals surface area contributed by atoms with E-state index in [0.29, 0.717) is 5.69 Å². The molecule has 2 aromatic rings. The predicted molar refractivity (Wildman–Crippen MR) is 102 cm³/mol. The van der Waals surface area contributed by atoms with E-state index in [1.165, 1.54) is 20.1 Å². The molecular weight excluding hydrogens is 352 g/mol. The van der Waals surface area contributed by atoms with Crippen LogP contribution in [0.3, 0.4) is 0 Å². The Hall–Kier alpha value is -2.38. The van der Waals surface area contributed by atoms with E-state index in [0.717, 1.165) is 16.7 Å². The molecule has 0 aliphatic rings. The first-order valence-electron chi connectivity index (χ1n) is 8.18. The van der Waals surface area contributed by atoms with Crippen molar-refractivity contribution in [3.05, 3.63) is 53.1 Å². The topological polar surface area (TPSA) is 84.5 Å². The third-order valence-corrected chi connectivity index (χ3v) is 5.39. The van der Waals surface area contributed by atoms with Crippen molar-refractivity contribution in [1.29, 1.82) is 0 Å². The van der Waals surface area contributed by atoms with Crippen LogP contribution in [0.4, 0.5) is 5.69 Å². The highest BCUT2D eigenvalue weighted by atomic mass is 32.2. The van der Waals surface area contributed by atoms with Crippen molar-refractivity contribution in [3.63, 3.8) is 0 Å². The lowest BCUT2D eigenvalue weighted by Gasteiger charge is -2.16. The van der Waals surface area contributed by atoms with E-state index in [4.69, 9.17) is 4.74 Å². The van der Waals surface area contributed by atoms with Gasteiger partial charge in [-0.25, -0.2) is 8.42 Å². The Kier molecular flexibility index (Phi) is 6.05. The average molecular weight is 376 g/mol. The van der Waals surface area contributed by atoms with Crippen LogP contribution in [0, 0.1) is 20.8 Å². The van der Waals surface area contributed by atoms with E-state index in [1.54, 1.807) is 19.1 Å². The molecule has 0 saturated heterocycles. The molecule has 1 unspecified atom stereocenters. The number of nitrogens with one attached hydrogen (secondary N) is 2. The summed E-state index contributed by atoms with van der Waals surface area (Å²) in [5, 5.41) is 2.74. The minimum absolute atomic E-state index is 0.00560. The number of methoxy groups -OCH3 is 1. The first-order valence-corrected chi connectivity index (χ1v) is 9.67. The molecule has 2 aromatic carbocycles.